The third-order valence-electron chi connectivity index (χ3n) is 1.82. The molecule has 5 nitrogen and oxygen atoms in total. The molecule has 1 aromatic rings. The number of aromatic amines is 1. The fraction of sp³-hybridized carbons (Fsp3) is 0.778. The summed E-state index contributed by atoms with van der Waals surface area (Å²) in [6.07, 6.45) is 1.42. The summed E-state index contributed by atoms with van der Waals surface area (Å²) in [6.45, 7) is 6.37. The monoisotopic (exact) mass is 199 g/mol. The van der Waals surface area contributed by atoms with Crippen LogP contribution in [0.15, 0.2) is 9.32 Å². The molecule has 0 aliphatic rings. The van der Waals surface area contributed by atoms with Crippen molar-refractivity contribution in [1.29, 1.82) is 0 Å². The second-order valence-corrected chi connectivity index (χ2v) is 4.77. The van der Waals surface area contributed by atoms with Crippen LogP contribution in [0.4, 0.5) is 0 Å². The van der Waals surface area contributed by atoms with Crippen molar-refractivity contribution in [2.45, 2.75) is 39.7 Å². The largest absolute Gasteiger partial charge is 0.438 e. The maximum atomic E-state index is 10.6. The van der Waals surface area contributed by atoms with E-state index in [9.17, 15) is 4.79 Å². The molecule has 0 saturated heterocycles. The summed E-state index contributed by atoms with van der Waals surface area (Å²) in [5.74, 6) is -0.00490. The smallest absolute Gasteiger partial charge is 0.327 e. The summed E-state index contributed by atoms with van der Waals surface area (Å²) >= 11 is 0. The standard InChI is InChI=1S/C9H17N3O2/c1-9(2,3)5-6(10)4-7-11-8(13)14-12-7/h6H,4-5,10H2,1-3H3,(H,11,12,13). The first-order valence-electron chi connectivity index (χ1n) is 4.67. The van der Waals surface area contributed by atoms with Crippen molar-refractivity contribution in [3.8, 4) is 0 Å². The third kappa shape index (κ3) is 3.74. The van der Waals surface area contributed by atoms with E-state index < -0.39 is 5.76 Å². The Kier molecular flexibility index (Phi) is 3.10. The van der Waals surface area contributed by atoms with Gasteiger partial charge in [-0.25, -0.2) is 4.79 Å². The molecular formula is C9H17N3O2. The van der Waals surface area contributed by atoms with Crippen LogP contribution in [0.25, 0.3) is 0 Å². The van der Waals surface area contributed by atoms with Crippen LogP contribution < -0.4 is 11.5 Å². The zero-order valence-electron chi connectivity index (χ0n) is 8.83. The Hall–Kier alpha value is -1.10. The van der Waals surface area contributed by atoms with Gasteiger partial charge in [0.1, 0.15) is 0 Å². The van der Waals surface area contributed by atoms with Crippen LogP contribution in [0.1, 0.15) is 33.0 Å². The lowest BCUT2D eigenvalue weighted by molar-refractivity contribution is 0.332. The molecule has 1 heterocycles. The molecule has 0 aromatic carbocycles. The first-order valence-corrected chi connectivity index (χ1v) is 4.67. The van der Waals surface area contributed by atoms with Crippen LogP contribution >= 0.6 is 0 Å². The van der Waals surface area contributed by atoms with Crippen molar-refractivity contribution in [2.24, 2.45) is 11.1 Å². The third-order valence-corrected chi connectivity index (χ3v) is 1.82. The number of nitrogens with two attached hydrogens (primary N) is 1. The second kappa shape index (κ2) is 3.96. The van der Waals surface area contributed by atoms with Crippen molar-refractivity contribution in [1.82, 2.24) is 10.1 Å². The van der Waals surface area contributed by atoms with Gasteiger partial charge in [-0.05, 0) is 11.8 Å². The summed E-state index contributed by atoms with van der Waals surface area (Å²) in [5, 5.41) is 3.56. The maximum Gasteiger partial charge on any atom is 0.438 e. The van der Waals surface area contributed by atoms with E-state index in [0.29, 0.717) is 12.2 Å². The Morgan fingerprint density at radius 1 is 1.57 bits per heavy atom. The molecule has 0 saturated carbocycles. The SMILES string of the molecule is CC(C)(C)CC(N)Cc1noc(=O)[nH]1. The molecule has 0 amide bonds. The molecule has 1 aromatic heterocycles. The van der Waals surface area contributed by atoms with Gasteiger partial charge >= 0.3 is 5.76 Å². The summed E-state index contributed by atoms with van der Waals surface area (Å²) in [4.78, 5) is 13.1. The molecular weight excluding hydrogens is 182 g/mol. The molecule has 0 aliphatic carbocycles. The van der Waals surface area contributed by atoms with E-state index in [0.717, 1.165) is 6.42 Å². The molecule has 1 atom stereocenters. The summed E-state index contributed by atoms with van der Waals surface area (Å²) in [7, 11) is 0. The lowest BCUT2D eigenvalue weighted by atomic mass is 9.87. The first kappa shape index (κ1) is 11.0. The van der Waals surface area contributed by atoms with Crippen molar-refractivity contribution in [3.05, 3.63) is 16.4 Å². The average Bonchev–Trinajstić information content (AvgIpc) is 2.30. The van der Waals surface area contributed by atoms with Crippen LogP contribution in [-0.2, 0) is 6.42 Å². The molecule has 3 N–H and O–H groups in total. The van der Waals surface area contributed by atoms with Crippen LogP contribution in [0.3, 0.4) is 0 Å². The van der Waals surface area contributed by atoms with E-state index in [2.05, 4.69) is 35.4 Å². The van der Waals surface area contributed by atoms with E-state index in [1.54, 1.807) is 0 Å². The van der Waals surface area contributed by atoms with Gasteiger partial charge in [0.25, 0.3) is 0 Å². The highest BCUT2D eigenvalue weighted by molar-refractivity contribution is 4.85. The summed E-state index contributed by atoms with van der Waals surface area (Å²) in [5.41, 5.74) is 6.08. The average molecular weight is 199 g/mol. The molecule has 80 valence electrons. The number of hydrogen-bond donors (Lipinski definition) is 2. The normalized spacial score (nSPS) is 14.3. The Morgan fingerprint density at radius 3 is 2.64 bits per heavy atom. The van der Waals surface area contributed by atoms with E-state index in [1.165, 1.54) is 0 Å². The number of H-pyrrole nitrogens is 1. The number of nitrogens with zero attached hydrogens (tertiary/aromatic N) is 1. The summed E-state index contributed by atoms with van der Waals surface area (Å²) < 4.78 is 4.38. The summed E-state index contributed by atoms with van der Waals surface area (Å²) in [6, 6.07) is -0.00394. The maximum absolute atomic E-state index is 10.6. The lowest BCUT2D eigenvalue weighted by Crippen LogP contribution is -2.29. The Morgan fingerprint density at radius 2 is 2.21 bits per heavy atom. The van der Waals surface area contributed by atoms with Crippen molar-refractivity contribution in [3.63, 3.8) is 0 Å². The number of hydrogen-bond acceptors (Lipinski definition) is 4. The van der Waals surface area contributed by atoms with Gasteiger partial charge in [-0.3, -0.25) is 9.51 Å². The van der Waals surface area contributed by atoms with Crippen LogP contribution in [0.5, 0.6) is 0 Å². The van der Waals surface area contributed by atoms with Gasteiger partial charge in [0.15, 0.2) is 5.82 Å². The van der Waals surface area contributed by atoms with Gasteiger partial charge in [-0.2, -0.15) is 0 Å². The van der Waals surface area contributed by atoms with Gasteiger partial charge in [0, 0.05) is 12.5 Å². The number of nitrogens with one attached hydrogen (secondary N) is 1. The van der Waals surface area contributed by atoms with Crippen LogP contribution in [0.2, 0.25) is 0 Å². The van der Waals surface area contributed by atoms with E-state index in [-0.39, 0.29) is 11.5 Å². The highest BCUT2D eigenvalue weighted by Crippen LogP contribution is 2.20. The van der Waals surface area contributed by atoms with E-state index >= 15 is 0 Å². The van der Waals surface area contributed by atoms with Crippen molar-refractivity contribution >= 4 is 0 Å². The predicted molar refractivity (Wildman–Crippen MR) is 52.9 cm³/mol. The highest BCUT2D eigenvalue weighted by atomic mass is 16.5. The van der Waals surface area contributed by atoms with Gasteiger partial charge in [0.2, 0.25) is 0 Å². The molecule has 0 bridgehead atoms. The molecule has 1 rings (SSSR count). The lowest BCUT2D eigenvalue weighted by Gasteiger charge is -2.22. The molecule has 14 heavy (non-hydrogen) atoms. The first-order chi connectivity index (χ1) is 6.37. The van der Waals surface area contributed by atoms with Crippen LogP contribution in [-0.4, -0.2) is 16.2 Å². The molecule has 5 heteroatoms. The van der Waals surface area contributed by atoms with E-state index in [1.807, 2.05) is 0 Å². The minimum Gasteiger partial charge on any atom is -0.327 e. The molecule has 0 radical (unpaired) electrons. The Bertz CT molecular complexity index is 334. The Balaban J connectivity index is 2.49. The van der Waals surface area contributed by atoms with E-state index in [4.69, 9.17) is 5.73 Å². The topological polar surface area (TPSA) is 84.9 Å². The molecule has 1 unspecified atom stereocenters. The van der Waals surface area contributed by atoms with Crippen molar-refractivity contribution < 1.29 is 4.52 Å². The van der Waals surface area contributed by atoms with Crippen LogP contribution in [0, 0.1) is 5.41 Å². The molecule has 0 fully saturated rings. The number of rotatable bonds is 3. The van der Waals surface area contributed by atoms with Gasteiger partial charge in [-0.1, -0.05) is 25.9 Å². The zero-order chi connectivity index (χ0) is 10.8. The predicted octanol–water partition coefficient (Wildman–Crippen LogP) is 0.669. The van der Waals surface area contributed by atoms with Gasteiger partial charge in [0.05, 0.1) is 0 Å². The molecule has 0 spiro atoms. The van der Waals surface area contributed by atoms with Gasteiger partial charge in [-0.15, -0.1) is 0 Å². The fourth-order valence-corrected chi connectivity index (χ4v) is 1.46. The quantitative estimate of drug-likeness (QED) is 0.749. The highest BCUT2D eigenvalue weighted by Gasteiger charge is 2.17. The minimum absolute atomic E-state index is 0.00394. The minimum atomic E-state index is -0.525. The fourth-order valence-electron chi connectivity index (χ4n) is 1.46. The second-order valence-electron chi connectivity index (χ2n) is 4.77. The zero-order valence-corrected chi connectivity index (χ0v) is 8.83. The van der Waals surface area contributed by atoms with Crippen molar-refractivity contribution in [2.75, 3.05) is 0 Å². The van der Waals surface area contributed by atoms with Gasteiger partial charge < -0.3 is 5.73 Å². The Labute approximate surface area is 82.7 Å². The number of aromatic nitrogens is 2. The molecule has 0 aliphatic heterocycles.